The molecule has 0 atom stereocenters. The molecule has 0 saturated carbocycles. The van der Waals surface area contributed by atoms with Gasteiger partial charge in [0.1, 0.15) is 5.82 Å². The molecular weight excluding hydrogens is 236 g/mol. The van der Waals surface area contributed by atoms with E-state index in [0.717, 1.165) is 12.2 Å². The highest BCUT2D eigenvalue weighted by Crippen LogP contribution is 2.28. The van der Waals surface area contributed by atoms with Crippen LogP contribution in [0.25, 0.3) is 0 Å². The Labute approximate surface area is 106 Å². The third-order valence-electron chi connectivity index (χ3n) is 2.72. The Morgan fingerprint density at radius 2 is 2.06 bits per heavy atom. The minimum absolute atomic E-state index is 0.250. The van der Waals surface area contributed by atoms with Gasteiger partial charge in [0.05, 0.1) is 10.7 Å². The lowest BCUT2D eigenvalue weighted by atomic mass is 10.2. The Hall–Kier alpha value is -1.06. The van der Waals surface area contributed by atoms with Gasteiger partial charge in [0, 0.05) is 13.0 Å². The van der Waals surface area contributed by atoms with E-state index in [1.54, 1.807) is 0 Å². The molecule has 0 aliphatic carbocycles. The number of carbonyl (C=O) groups excluding carboxylic acids is 2. The summed E-state index contributed by atoms with van der Waals surface area (Å²) >= 11 is 1.95. The van der Waals surface area contributed by atoms with Crippen LogP contribution in [-0.2, 0) is 29.0 Å². The van der Waals surface area contributed by atoms with Crippen molar-refractivity contribution < 1.29 is 9.59 Å². The molecule has 17 heavy (non-hydrogen) atoms. The Balaban J connectivity index is 0.000000437. The van der Waals surface area contributed by atoms with Gasteiger partial charge in [0.2, 0.25) is 0 Å². The molecule has 0 aromatic carbocycles. The number of aryl methyl sites for hydroxylation is 2. The van der Waals surface area contributed by atoms with Crippen molar-refractivity contribution in [1.29, 1.82) is 0 Å². The van der Waals surface area contributed by atoms with Crippen molar-refractivity contribution in [2.75, 3.05) is 5.75 Å². The predicted molar refractivity (Wildman–Crippen MR) is 65.9 cm³/mol. The first kappa shape index (κ1) is 14.0. The van der Waals surface area contributed by atoms with E-state index in [0.29, 0.717) is 0 Å². The van der Waals surface area contributed by atoms with E-state index in [1.165, 1.54) is 42.4 Å². The molecule has 0 unspecified atom stereocenters. The second-order valence-electron chi connectivity index (χ2n) is 3.76. The highest BCUT2D eigenvalue weighted by Gasteiger charge is 2.18. The minimum Gasteiger partial charge on any atom is -0.323 e. The Kier molecular flexibility index (Phi) is 6.01. The normalized spacial score (nSPS) is 13.3. The fraction of sp³-hybridized carbons (Fsp3) is 0.667. The van der Waals surface area contributed by atoms with Crippen LogP contribution >= 0.6 is 11.8 Å². The van der Waals surface area contributed by atoms with Crippen molar-refractivity contribution in [3.63, 3.8) is 0 Å². The number of hydrogen-bond acceptors (Lipinski definition) is 4. The van der Waals surface area contributed by atoms with Gasteiger partial charge in [-0.1, -0.05) is 13.8 Å². The quantitative estimate of drug-likeness (QED) is 0.777. The molecule has 94 valence electrons. The molecule has 0 fully saturated rings. The summed E-state index contributed by atoms with van der Waals surface area (Å²) in [5.74, 6) is 2.47. The molecule has 0 amide bonds. The lowest BCUT2D eigenvalue weighted by Crippen LogP contribution is -2.11. The van der Waals surface area contributed by atoms with E-state index >= 15 is 0 Å². The summed E-state index contributed by atoms with van der Waals surface area (Å²) in [7, 11) is 0. The lowest BCUT2D eigenvalue weighted by Gasteiger charge is -2.15. The Morgan fingerprint density at radius 1 is 1.35 bits per heavy atom. The van der Waals surface area contributed by atoms with Gasteiger partial charge in [-0.05, 0) is 25.0 Å². The zero-order chi connectivity index (χ0) is 12.7. The minimum atomic E-state index is 0.250. The largest absolute Gasteiger partial charge is 0.373 e. The SMILES string of the molecule is CCSc1c(CC)nc2n1CCCC2.O=C=O. The first-order valence-corrected chi connectivity index (χ1v) is 6.97. The lowest BCUT2D eigenvalue weighted by molar-refractivity contribution is -0.191. The predicted octanol–water partition coefficient (Wildman–Crippen LogP) is 2.31. The average molecular weight is 254 g/mol. The number of nitrogens with zero attached hydrogens (tertiary/aromatic N) is 2. The molecule has 1 aliphatic rings. The third-order valence-corrected chi connectivity index (χ3v) is 3.73. The second-order valence-corrected chi connectivity index (χ2v) is 5.01. The average Bonchev–Trinajstić information content (AvgIpc) is 2.69. The molecule has 0 N–H and O–H groups in total. The van der Waals surface area contributed by atoms with Crippen LogP contribution in [0.3, 0.4) is 0 Å². The van der Waals surface area contributed by atoms with E-state index in [4.69, 9.17) is 14.6 Å². The highest BCUT2D eigenvalue weighted by molar-refractivity contribution is 7.99. The van der Waals surface area contributed by atoms with Gasteiger partial charge in [-0.3, -0.25) is 0 Å². The van der Waals surface area contributed by atoms with Crippen LogP contribution in [0.15, 0.2) is 5.03 Å². The van der Waals surface area contributed by atoms with Gasteiger partial charge in [-0.2, -0.15) is 9.59 Å². The molecule has 1 aromatic rings. The molecule has 1 aliphatic heterocycles. The number of aromatic nitrogens is 2. The van der Waals surface area contributed by atoms with E-state index in [-0.39, 0.29) is 6.15 Å². The van der Waals surface area contributed by atoms with Crippen molar-refractivity contribution in [2.24, 2.45) is 0 Å². The zero-order valence-corrected chi connectivity index (χ0v) is 11.2. The van der Waals surface area contributed by atoms with Crippen LogP contribution in [-0.4, -0.2) is 21.5 Å². The molecule has 2 rings (SSSR count). The topological polar surface area (TPSA) is 52.0 Å². The van der Waals surface area contributed by atoms with Gasteiger partial charge >= 0.3 is 6.15 Å². The summed E-state index contributed by atoms with van der Waals surface area (Å²) in [5, 5.41) is 1.43. The van der Waals surface area contributed by atoms with Gasteiger partial charge in [0.15, 0.2) is 0 Å². The van der Waals surface area contributed by atoms with Crippen LogP contribution in [0.4, 0.5) is 0 Å². The number of thioether (sulfide) groups is 1. The maximum Gasteiger partial charge on any atom is 0.373 e. The van der Waals surface area contributed by atoms with Crippen LogP contribution in [0, 0.1) is 0 Å². The van der Waals surface area contributed by atoms with Crippen molar-refractivity contribution >= 4 is 17.9 Å². The van der Waals surface area contributed by atoms with Crippen LogP contribution < -0.4 is 0 Å². The van der Waals surface area contributed by atoms with Gasteiger partial charge < -0.3 is 4.57 Å². The fourth-order valence-electron chi connectivity index (χ4n) is 2.04. The van der Waals surface area contributed by atoms with Crippen LogP contribution in [0.1, 0.15) is 38.2 Å². The van der Waals surface area contributed by atoms with E-state index < -0.39 is 0 Å². The zero-order valence-electron chi connectivity index (χ0n) is 10.4. The van der Waals surface area contributed by atoms with Crippen molar-refractivity contribution in [3.8, 4) is 0 Å². The molecule has 2 heterocycles. The van der Waals surface area contributed by atoms with Crippen LogP contribution in [0.2, 0.25) is 0 Å². The molecule has 0 saturated heterocycles. The summed E-state index contributed by atoms with van der Waals surface area (Å²) in [6.07, 6.45) is 5.14. The van der Waals surface area contributed by atoms with E-state index in [9.17, 15) is 0 Å². The smallest absolute Gasteiger partial charge is 0.323 e. The van der Waals surface area contributed by atoms with Crippen molar-refractivity contribution in [1.82, 2.24) is 9.55 Å². The summed E-state index contributed by atoms with van der Waals surface area (Å²) in [6, 6.07) is 0. The van der Waals surface area contributed by atoms with Crippen molar-refractivity contribution in [3.05, 3.63) is 11.5 Å². The molecule has 0 radical (unpaired) electrons. The van der Waals surface area contributed by atoms with Gasteiger partial charge in [0.25, 0.3) is 0 Å². The maximum atomic E-state index is 8.12. The molecule has 1 aromatic heterocycles. The Bertz CT molecular complexity index is 395. The molecule has 5 heteroatoms. The Morgan fingerprint density at radius 3 is 2.65 bits per heavy atom. The molecular formula is C12H18N2O2S. The molecule has 4 nitrogen and oxygen atoms in total. The van der Waals surface area contributed by atoms with E-state index in [2.05, 4.69) is 18.4 Å². The molecule has 0 spiro atoms. The standard InChI is InChI=1S/C11H18N2S.CO2/c1-3-9-11(14-4-2)13-8-6-5-7-10(13)12-9;2-1-3/h3-8H2,1-2H3;. The van der Waals surface area contributed by atoms with Crippen molar-refractivity contribution in [2.45, 2.75) is 51.1 Å². The van der Waals surface area contributed by atoms with Crippen LogP contribution in [0.5, 0.6) is 0 Å². The highest BCUT2D eigenvalue weighted by atomic mass is 32.2. The first-order valence-electron chi connectivity index (χ1n) is 5.98. The number of rotatable bonds is 3. The monoisotopic (exact) mass is 254 g/mol. The summed E-state index contributed by atoms with van der Waals surface area (Å²) < 4.78 is 2.44. The third kappa shape index (κ3) is 3.45. The number of imidazole rings is 1. The number of fused-ring (bicyclic) bond motifs is 1. The maximum absolute atomic E-state index is 8.12. The molecule has 0 bridgehead atoms. The summed E-state index contributed by atoms with van der Waals surface area (Å²) in [6.45, 7) is 5.60. The summed E-state index contributed by atoms with van der Waals surface area (Å²) in [5.41, 5.74) is 1.31. The second kappa shape index (κ2) is 7.30. The van der Waals surface area contributed by atoms with Gasteiger partial charge in [-0.25, -0.2) is 4.98 Å². The summed E-state index contributed by atoms with van der Waals surface area (Å²) in [4.78, 5) is 21.0. The number of hydrogen-bond donors (Lipinski definition) is 0. The first-order chi connectivity index (χ1) is 8.28. The van der Waals surface area contributed by atoms with Gasteiger partial charge in [-0.15, -0.1) is 11.8 Å². The fourth-order valence-corrected chi connectivity index (χ4v) is 3.02. The van der Waals surface area contributed by atoms with E-state index in [1.807, 2.05) is 11.8 Å².